The van der Waals surface area contributed by atoms with Gasteiger partial charge >= 0.3 is 0 Å². The van der Waals surface area contributed by atoms with Crippen LogP contribution in [0.4, 0.5) is 0 Å². The topological polar surface area (TPSA) is 32.3 Å². The molecule has 1 aliphatic rings. The number of amides is 1. The Bertz CT molecular complexity index is 364. The Morgan fingerprint density at radius 1 is 1.61 bits per heavy atom. The molecule has 0 spiro atoms. The van der Waals surface area contributed by atoms with Crippen LogP contribution in [0.15, 0.2) is 17.5 Å². The number of thiophene rings is 1. The summed E-state index contributed by atoms with van der Waals surface area (Å²) in [4.78, 5) is 15.5. The van der Waals surface area contributed by atoms with Crippen molar-refractivity contribution < 1.29 is 4.79 Å². The zero-order valence-corrected chi connectivity index (χ0v) is 11.8. The first-order valence-electron chi connectivity index (χ1n) is 6.82. The summed E-state index contributed by atoms with van der Waals surface area (Å²) in [5.41, 5.74) is 0. The SMILES string of the molecule is CCCC(=O)N[C@H]1CCCN(Cc2cccs2)C1. The average molecular weight is 266 g/mol. The fraction of sp³-hybridized carbons (Fsp3) is 0.643. The molecule has 0 unspecified atom stereocenters. The molecule has 1 fully saturated rings. The normalized spacial score (nSPS) is 20.8. The van der Waals surface area contributed by atoms with Crippen LogP contribution in [0.5, 0.6) is 0 Å². The number of likely N-dealkylation sites (tertiary alicyclic amines) is 1. The van der Waals surface area contributed by atoms with Crippen molar-refractivity contribution in [1.29, 1.82) is 0 Å². The first-order valence-corrected chi connectivity index (χ1v) is 7.70. The summed E-state index contributed by atoms with van der Waals surface area (Å²) in [5.74, 6) is 0.209. The third-order valence-corrected chi connectivity index (χ3v) is 4.17. The number of piperidine rings is 1. The number of nitrogens with one attached hydrogen (secondary N) is 1. The molecule has 0 radical (unpaired) electrons. The molecule has 100 valence electrons. The van der Waals surface area contributed by atoms with E-state index >= 15 is 0 Å². The smallest absolute Gasteiger partial charge is 0.220 e. The minimum Gasteiger partial charge on any atom is -0.352 e. The van der Waals surface area contributed by atoms with Gasteiger partial charge in [-0.1, -0.05) is 13.0 Å². The van der Waals surface area contributed by atoms with Gasteiger partial charge in [-0.15, -0.1) is 11.3 Å². The van der Waals surface area contributed by atoms with Crippen LogP contribution in [-0.2, 0) is 11.3 Å². The zero-order valence-electron chi connectivity index (χ0n) is 11.0. The number of hydrogen-bond donors (Lipinski definition) is 1. The molecule has 1 saturated heterocycles. The monoisotopic (exact) mass is 266 g/mol. The Hall–Kier alpha value is -0.870. The second-order valence-electron chi connectivity index (χ2n) is 4.97. The van der Waals surface area contributed by atoms with E-state index in [1.165, 1.54) is 11.3 Å². The minimum absolute atomic E-state index is 0.209. The standard InChI is InChI=1S/C14H22N2OS/c1-2-5-14(17)15-12-6-3-8-16(10-12)11-13-7-4-9-18-13/h4,7,9,12H,2-3,5-6,8,10-11H2,1H3,(H,15,17)/t12-/m0/s1. The molecule has 1 amide bonds. The molecule has 1 aromatic rings. The van der Waals surface area contributed by atoms with Gasteiger partial charge in [-0.2, -0.15) is 0 Å². The van der Waals surface area contributed by atoms with Crippen LogP contribution in [0, 0.1) is 0 Å². The predicted molar refractivity (Wildman–Crippen MR) is 75.7 cm³/mol. The molecule has 0 aliphatic carbocycles. The van der Waals surface area contributed by atoms with E-state index in [2.05, 4.69) is 27.7 Å². The maximum Gasteiger partial charge on any atom is 0.220 e. The molecule has 0 bridgehead atoms. The Labute approximate surface area is 113 Å². The highest BCUT2D eigenvalue weighted by atomic mass is 32.1. The van der Waals surface area contributed by atoms with Gasteiger partial charge in [0.15, 0.2) is 0 Å². The number of carbonyl (C=O) groups excluding carboxylic acids is 1. The van der Waals surface area contributed by atoms with Crippen molar-refractivity contribution in [2.45, 2.75) is 45.2 Å². The van der Waals surface area contributed by atoms with E-state index in [-0.39, 0.29) is 5.91 Å². The van der Waals surface area contributed by atoms with Crippen LogP contribution < -0.4 is 5.32 Å². The number of nitrogens with zero attached hydrogens (tertiary/aromatic N) is 1. The molecule has 0 saturated carbocycles. The lowest BCUT2D eigenvalue weighted by Gasteiger charge is -2.32. The molecule has 4 heteroatoms. The molecular formula is C14H22N2OS. The van der Waals surface area contributed by atoms with Gasteiger partial charge < -0.3 is 5.32 Å². The van der Waals surface area contributed by atoms with Crippen molar-refractivity contribution in [1.82, 2.24) is 10.2 Å². The Morgan fingerprint density at radius 3 is 3.22 bits per heavy atom. The summed E-state index contributed by atoms with van der Waals surface area (Å²) >= 11 is 1.81. The molecule has 0 aromatic carbocycles. The lowest BCUT2D eigenvalue weighted by atomic mass is 10.1. The molecule has 1 aromatic heterocycles. The van der Waals surface area contributed by atoms with Gasteiger partial charge in [0.05, 0.1) is 0 Å². The second kappa shape index (κ2) is 6.90. The molecule has 2 heterocycles. The Kier molecular flexibility index (Phi) is 5.20. The van der Waals surface area contributed by atoms with Crippen LogP contribution in [0.25, 0.3) is 0 Å². The summed E-state index contributed by atoms with van der Waals surface area (Å²) in [6.07, 6.45) is 3.89. The van der Waals surface area contributed by atoms with E-state index in [4.69, 9.17) is 0 Å². The van der Waals surface area contributed by atoms with Crippen molar-refractivity contribution in [3.05, 3.63) is 22.4 Å². The van der Waals surface area contributed by atoms with Crippen LogP contribution in [0.1, 0.15) is 37.5 Å². The van der Waals surface area contributed by atoms with Gasteiger partial charge in [0.2, 0.25) is 5.91 Å². The van der Waals surface area contributed by atoms with E-state index in [0.717, 1.165) is 32.5 Å². The number of carbonyl (C=O) groups is 1. The molecular weight excluding hydrogens is 244 g/mol. The quantitative estimate of drug-likeness (QED) is 0.888. The van der Waals surface area contributed by atoms with Crippen molar-refractivity contribution >= 4 is 17.2 Å². The lowest BCUT2D eigenvalue weighted by Crippen LogP contribution is -2.47. The van der Waals surface area contributed by atoms with Crippen LogP contribution >= 0.6 is 11.3 Å². The van der Waals surface area contributed by atoms with Gasteiger partial charge in [-0.05, 0) is 37.3 Å². The highest BCUT2D eigenvalue weighted by molar-refractivity contribution is 7.09. The molecule has 1 aliphatic heterocycles. The van der Waals surface area contributed by atoms with Crippen LogP contribution in [0.3, 0.4) is 0 Å². The van der Waals surface area contributed by atoms with Crippen molar-refractivity contribution in [2.24, 2.45) is 0 Å². The van der Waals surface area contributed by atoms with E-state index < -0.39 is 0 Å². The molecule has 18 heavy (non-hydrogen) atoms. The highest BCUT2D eigenvalue weighted by Crippen LogP contribution is 2.16. The van der Waals surface area contributed by atoms with Gasteiger partial charge in [-0.25, -0.2) is 0 Å². The van der Waals surface area contributed by atoms with E-state index in [9.17, 15) is 4.79 Å². The van der Waals surface area contributed by atoms with Gasteiger partial charge in [0.25, 0.3) is 0 Å². The number of hydrogen-bond acceptors (Lipinski definition) is 3. The largest absolute Gasteiger partial charge is 0.352 e. The summed E-state index contributed by atoms with van der Waals surface area (Å²) in [6, 6.07) is 4.63. The summed E-state index contributed by atoms with van der Waals surface area (Å²) in [7, 11) is 0. The summed E-state index contributed by atoms with van der Waals surface area (Å²) < 4.78 is 0. The maximum absolute atomic E-state index is 11.6. The third-order valence-electron chi connectivity index (χ3n) is 3.31. The molecule has 1 atom stereocenters. The van der Waals surface area contributed by atoms with Crippen molar-refractivity contribution in [3.63, 3.8) is 0 Å². The average Bonchev–Trinajstić information content (AvgIpc) is 2.82. The van der Waals surface area contributed by atoms with Crippen molar-refractivity contribution in [2.75, 3.05) is 13.1 Å². The summed E-state index contributed by atoms with van der Waals surface area (Å²) in [6.45, 7) is 5.22. The maximum atomic E-state index is 11.6. The van der Waals surface area contributed by atoms with E-state index in [1.807, 2.05) is 18.3 Å². The third kappa shape index (κ3) is 4.10. The Morgan fingerprint density at radius 2 is 2.50 bits per heavy atom. The predicted octanol–water partition coefficient (Wildman–Crippen LogP) is 2.63. The van der Waals surface area contributed by atoms with Crippen LogP contribution in [0.2, 0.25) is 0 Å². The summed E-state index contributed by atoms with van der Waals surface area (Å²) in [5, 5.41) is 5.28. The Balaban J connectivity index is 1.79. The minimum atomic E-state index is 0.209. The molecule has 3 nitrogen and oxygen atoms in total. The second-order valence-corrected chi connectivity index (χ2v) is 6.00. The molecule has 1 N–H and O–H groups in total. The fourth-order valence-electron chi connectivity index (χ4n) is 2.47. The van der Waals surface area contributed by atoms with Crippen molar-refractivity contribution in [3.8, 4) is 0 Å². The van der Waals surface area contributed by atoms with Gasteiger partial charge in [-0.3, -0.25) is 9.69 Å². The lowest BCUT2D eigenvalue weighted by molar-refractivity contribution is -0.122. The van der Waals surface area contributed by atoms with Gasteiger partial charge in [0.1, 0.15) is 0 Å². The number of rotatable bonds is 5. The van der Waals surface area contributed by atoms with Crippen LogP contribution in [-0.4, -0.2) is 29.9 Å². The van der Waals surface area contributed by atoms with E-state index in [1.54, 1.807) is 0 Å². The molecule has 2 rings (SSSR count). The first-order chi connectivity index (χ1) is 8.78. The highest BCUT2D eigenvalue weighted by Gasteiger charge is 2.21. The van der Waals surface area contributed by atoms with E-state index in [0.29, 0.717) is 12.5 Å². The fourth-order valence-corrected chi connectivity index (χ4v) is 3.21. The van der Waals surface area contributed by atoms with Gasteiger partial charge in [0, 0.05) is 30.4 Å². The zero-order chi connectivity index (χ0) is 12.8. The first kappa shape index (κ1) is 13.6.